The fraction of sp³-hybridized carbons (Fsp3) is 0.500. The summed E-state index contributed by atoms with van der Waals surface area (Å²) in [5.41, 5.74) is 0.137. The molecule has 0 aliphatic carbocycles. The first-order valence-corrected chi connectivity index (χ1v) is 6.70. The highest BCUT2D eigenvalue weighted by molar-refractivity contribution is 5.76. The van der Waals surface area contributed by atoms with Crippen LogP contribution < -0.4 is 5.32 Å². The Kier molecular flexibility index (Phi) is 7.34. The summed E-state index contributed by atoms with van der Waals surface area (Å²) in [7, 11) is 1.40. The number of esters is 1. The fourth-order valence-corrected chi connectivity index (χ4v) is 1.94. The summed E-state index contributed by atoms with van der Waals surface area (Å²) in [6.07, 6.45) is 0.889. The van der Waals surface area contributed by atoms with Crippen molar-refractivity contribution >= 4 is 11.7 Å². The number of para-hydroxylation sites is 1. The molecule has 7 heteroatoms. The monoisotopic (exact) mass is 296 g/mol. The van der Waals surface area contributed by atoms with Gasteiger partial charge >= 0.3 is 5.97 Å². The lowest BCUT2D eigenvalue weighted by molar-refractivity contribution is -0.384. The van der Waals surface area contributed by atoms with E-state index in [9.17, 15) is 14.9 Å². The number of ether oxygens (including phenoxy) is 2. The third kappa shape index (κ3) is 5.88. The van der Waals surface area contributed by atoms with E-state index in [0.29, 0.717) is 6.61 Å². The highest BCUT2D eigenvalue weighted by Gasteiger charge is 2.30. The SMILES string of the molecule is CCOC1CNC(C(=O)OC)C1.O=[N+]([O-])c1ccccc1. The quantitative estimate of drug-likeness (QED) is 0.514. The molecule has 0 spiro atoms. The molecule has 7 nitrogen and oxygen atoms in total. The fourth-order valence-electron chi connectivity index (χ4n) is 1.94. The number of rotatable bonds is 4. The average molecular weight is 296 g/mol. The van der Waals surface area contributed by atoms with Crippen molar-refractivity contribution in [2.24, 2.45) is 0 Å². The standard InChI is InChI=1S/C8H15NO3.C6H5NO2/c1-3-12-6-4-7(9-5-6)8(10)11-2;8-7(9)6-4-2-1-3-5-6/h6-7,9H,3-5H2,1-2H3;1-5H. The number of hydrogen-bond acceptors (Lipinski definition) is 6. The molecule has 2 atom stereocenters. The highest BCUT2D eigenvalue weighted by Crippen LogP contribution is 2.11. The third-order valence-corrected chi connectivity index (χ3v) is 2.95. The van der Waals surface area contributed by atoms with Gasteiger partial charge in [0.05, 0.1) is 18.1 Å². The molecule has 2 unspecified atom stereocenters. The summed E-state index contributed by atoms with van der Waals surface area (Å²) in [6.45, 7) is 3.39. The van der Waals surface area contributed by atoms with Crippen LogP contribution in [0.3, 0.4) is 0 Å². The Labute approximate surface area is 123 Å². The second kappa shape index (κ2) is 9.04. The first kappa shape index (κ1) is 17.1. The van der Waals surface area contributed by atoms with E-state index in [1.165, 1.54) is 19.2 Å². The van der Waals surface area contributed by atoms with Crippen LogP contribution in [-0.4, -0.2) is 43.3 Å². The normalized spacial score (nSPS) is 20.3. The maximum absolute atomic E-state index is 11.0. The summed E-state index contributed by atoms with van der Waals surface area (Å²) < 4.78 is 9.96. The molecule has 1 saturated heterocycles. The molecule has 0 radical (unpaired) electrons. The van der Waals surface area contributed by atoms with Crippen molar-refractivity contribution in [1.29, 1.82) is 0 Å². The van der Waals surface area contributed by atoms with Crippen LogP contribution in [0.25, 0.3) is 0 Å². The molecule has 0 aromatic heterocycles. The van der Waals surface area contributed by atoms with Crippen LogP contribution in [0.5, 0.6) is 0 Å². The summed E-state index contributed by atoms with van der Waals surface area (Å²) in [6, 6.07) is 7.76. The Morgan fingerprint density at radius 3 is 2.57 bits per heavy atom. The van der Waals surface area contributed by atoms with Crippen molar-refractivity contribution in [2.45, 2.75) is 25.5 Å². The van der Waals surface area contributed by atoms with Crippen LogP contribution in [0.1, 0.15) is 13.3 Å². The number of nitro groups is 1. The number of hydrogen-bond donors (Lipinski definition) is 1. The highest BCUT2D eigenvalue weighted by atomic mass is 16.6. The van der Waals surface area contributed by atoms with Gasteiger partial charge in [-0.15, -0.1) is 0 Å². The number of methoxy groups -OCH3 is 1. The van der Waals surface area contributed by atoms with Crippen LogP contribution in [0, 0.1) is 10.1 Å². The van der Waals surface area contributed by atoms with E-state index in [2.05, 4.69) is 10.1 Å². The van der Waals surface area contributed by atoms with Crippen LogP contribution in [0.4, 0.5) is 5.69 Å². The number of nitro benzene ring substituents is 1. The van der Waals surface area contributed by atoms with Gasteiger partial charge in [0.2, 0.25) is 0 Å². The Bertz CT molecular complexity index is 452. The van der Waals surface area contributed by atoms with Gasteiger partial charge in [-0.05, 0) is 6.92 Å². The molecular weight excluding hydrogens is 276 g/mol. The van der Waals surface area contributed by atoms with E-state index in [0.717, 1.165) is 13.0 Å². The molecule has 1 aliphatic heterocycles. The summed E-state index contributed by atoms with van der Waals surface area (Å²) in [4.78, 5) is 20.6. The van der Waals surface area contributed by atoms with Crippen molar-refractivity contribution in [3.8, 4) is 0 Å². The summed E-state index contributed by atoms with van der Waals surface area (Å²) in [5, 5.41) is 13.0. The van der Waals surface area contributed by atoms with Crippen molar-refractivity contribution in [1.82, 2.24) is 5.32 Å². The number of non-ortho nitro benzene ring substituents is 1. The molecule has 0 bridgehead atoms. The van der Waals surface area contributed by atoms with Crippen molar-refractivity contribution < 1.29 is 19.2 Å². The Hall–Kier alpha value is -1.99. The van der Waals surface area contributed by atoms with Crippen molar-refractivity contribution in [3.05, 3.63) is 40.4 Å². The lowest BCUT2D eigenvalue weighted by Gasteiger charge is -2.08. The molecule has 116 valence electrons. The number of nitrogens with zero attached hydrogens (tertiary/aromatic N) is 1. The first-order chi connectivity index (χ1) is 10.1. The Morgan fingerprint density at radius 2 is 2.10 bits per heavy atom. The largest absolute Gasteiger partial charge is 0.468 e. The van der Waals surface area contributed by atoms with E-state index in [1.807, 2.05) is 6.92 Å². The van der Waals surface area contributed by atoms with Gasteiger partial charge in [0, 0.05) is 31.7 Å². The van der Waals surface area contributed by atoms with Crippen LogP contribution >= 0.6 is 0 Å². The molecule has 1 aliphatic rings. The van der Waals surface area contributed by atoms with E-state index in [4.69, 9.17) is 4.74 Å². The molecule has 2 rings (SSSR count). The van der Waals surface area contributed by atoms with Gasteiger partial charge in [0.1, 0.15) is 6.04 Å². The molecule has 1 aromatic rings. The third-order valence-electron chi connectivity index (χ3n) is 2.95. The van der Waals surface area contributed by atoms with Crippen LogP contribution in [0.15, 0.2) is 30.3 Å². The topological polar surface area (TPSA) is 90.7 Å². The zero-order valence-corrected chi connectivity index (χ0v) is 12.2. The van der Waals surface area contributed by atoms with Crippen LogP contribution in [-0.2, 0) is 14.3 Å². The van der Waals surface area contributed by atoms with E-state index >= 15 is 0 Å². The molecule has 0 saturated carbocycles. The van der Waals surface area contributed by atoms with Crippen molar-refractivity contribution in [2.75, 3.05) is 20.3 Å². The second-order valence-electron chi connectivity index (χ2n) is 4.39. The minimum atomic E-state index is -0.417. The van der Waals surface area contributed by atoms with Gasteiger partial charge in [-0.3, -0.25) is 14.9 Å². The Morgan fingerprint density at radius 1 is 1.43 bits per heavy atom. The predicted molar refractivity (Wildman–Crippen MR) is 76.9 cm³/mol. The van der Waals surface area contributed by atoms with E-state index in [1.54, 1.807) is 18.2 Å². The maximum Gasteiger partial charge on any atom is 0.322 e. The number of nitrogens with one attached hydrogen (secondary N) is 1. The van der Waals surface area contributed by atoms with E-state index in [-0.39, 0.29) is 23.8 Å². The minimum absolute atomic E-state index is 0.137. The van der Waals surface area contributed by atoms with Gasteiger partial charge in [-0.2, -0.15) is 0 Å². The number of carbonyl (C=O) groups is 1. The van der Waals surface area contributed by atoms with Crippen molar-refractivity contribution in [3.63, 3.8) is 0 Å². The zero-order valence-electron chi connectivity index (χ0n) is 12.2. The first-order valence-electron chi connectivity index (χ1n) is 6.70. The maximum atomic E-state index is 11.0. The lowest BCUT2D eigenvalue weighted by atomic mass is 10.2. The molecule has 1 aromatic carbocycles. The molecule has 0 amide bonds. The van der Waals surface area contributed by atoms with Gasteiger partial charge in [0.15, 0.2) is 0 Å². The van der Waals surface area contributed by atoms with Crippen LogP contribution in [0.2, 0.25) is 0 Å². The Balaban J connectivity index is 0.000000219. The van der Waals surface area contributed by atoms with Gasteiger partial charge in [0.25, 0.3) is 5.69 Å². The zero-order chi connectivity index (χ0) is 15.7. The molecule has 1 fully saturated rings. The van der Waals surface area contributed by atoms with Gasteiger partial charge in [-0.25, -0.2) is 0 Å². The van der Waals surface area contributed by atoms with Gasteiger partial charge in [-0.1, -0.05) is 18.2 Å². The number of benzene rings is 1. The average Bonchev–Trinajstić information content (AvgIpc) is 2.97. The lowest BCUT2D eigenvalue weighted by Crippen LogP contribution is -2.31. The molecule has 21 heavy (non-hydrogen) atoms. The predicted octanol–water partition coefficient (Wildman–Crippen LogP) is 1.52. The molecule has 1 heterocycles. The van der Waals surface area contributed by atoms with Gasteiger partial charge < -0.3 is 14.8 Å². The molecular formula is C14H20N2O5. The summed E-state index contributed by atoms with van der Waals surface area (Å²) in [5.74, 6) is -0.197. The minimum Gasteiger partial charge on any atom is -0.468 e. The van der Waals surface area contributed by atoms with E-state index < -0.39 is 4.92 Å². The second-order valence-corrected chi connectivity index (χ2v) is 4.39. The summed E-state index contributed by atoms with van der Waals surface area (Å²) >= 11 is 0. The molecule has 1 N–H and O–H groups in total. The number of carbonyl (C=O) groups excluding carboxylic acids is 1. The smallest absolute Gasteiger partial charge is 0.322 e.